The van der Waals surface area contributed by atoms with E-state index in [9.17, 15) is 8.42 Å². The number of nitrogens with zero attached hydrogens (tertiary/aromatic N) is 1. The summed E-state index contributed by atoms with van der Waals surface area (Å²) in [5, 5.41) is 0.889. The number of aryl methyl sites for hydroxylation is 1. The molecular weight excluding hydrogens is 486 g/mol. The fraction of sp³-hybridized carbons (Fsp3) is 0.0588. The van der Waals surface area contributed by atoms with Crippen molar-refractivity contribution < 1.29 is 8.42 Å². The van der Waals surface area contributed by atoms with Gasteiger partial charge in [-0.25, -0.2) is 12.4 Å². The van der Waals surface area contributed by atoms with Crippen LogP contribution in [0.3, 0.4) is 0 Å². The molecule has 0 saturated carbocycles. The van der Waals surface area contributed by atoms with E-state index in [1.165, 1.54) is 3.97 Å². The first-order chi connectivity index (χ1) is 18.5. The Morgan fingerprint density at radius 2 is 1.00 bits per heavy atom. The monoisotopic (exact) mass is 513 g/mol. The van der Waals surface area contributed by atoms with Gasteiger partial charge in [-0.05, 0) is 47.4 Å². The maximum Gasteiger partial charge on any atom is 0.268 e. The third kappa shape index (κ3) is 3.77. The molecule has 0 aliphatic heterocycles. The topological polar surface area (TPSA) is 39.1 Å². The number of benzene rings is 5. The zero-order valence-electron chi connectivity index (χ0n) is 21.0. The van der Waals surface area contributed by atoms with Crippen molar-refractivity contribution in [2.45, 2.75) is 17.2 Å². The van der Waals surface area contributed by atoms with Crippen LogP contribution in [0.1, 0.15) is 27.8 Å². The highest BCUT2D eigenvalue weighted by atomic mass is 32.2. The van der Waals surface area contributed by atoms with E-state index in [4.69, 9.17) is 0 Å². The second-order valence-electron chi connectivity index (χ2n) is 9.52. The fourth-order valence-electron chi connectivity index (χ4n) is 5.50. The summed E-state index contributed by atoms with van der Waals surface area (Å²) in [6.07, 6.45) is 1.83. The van der Waals surface area contributed by atoms with Gasteiger partial charge >= 0.3 is 0 Å². The molecule has 0 amide bonds. The van der Waals surface area contributed by atoms with Crippen molar-refractivity contribution in [3.05, 3.63) is 174 Å². The number of aromatic nitrogens is 1. The first-order valence-electron chi connectivity index (χ1n) is 12.6. The lowest BCUT2D eigenvalue weighted by Crippen LogP contribution is -2.31. The molecule has 0 aliphatic rings. The fourth-order valence-corrected chi connectivity index (χ4v) is 6.87. The normalized spacial score (nSPS) is 12.0. The molecule has 5 aromatic carbocycles. The highest BCUT2D eigenvalue weighted by molar-refractivity contribution is 7.90. The van der Waals surface area contributed by atoms with Gasteiger partial charge in [-0.3, -0.25) is 0 Å². The Labute approximate surface area is 223 Å². The Morgan fingerprint density at radius 1 is 0.553 bits per heavy atom. The standard InChI is InChI=1S/C34H27NO2S/c1-26-21-23-30(24-22-26)38(36,37)35-25-32(31-19-11-12-20-33(31)35)34(27-13-5-2-6-14-27,28-15-7-3-8-16-28)29-17-9-4-10-18-29/h2-25H,1H3. The van der Waals surface area contributed by atoms with Crippen LogP contribution < -0.4 is 0 Å². The number of hydrogen-bond donors (Lipinski definition) is 0. The molecule has 0 aliphatic carbocycles. The summed E-state index contributed by atoms with van der Waals surface area (Å²) in [5.74, 6) is 0. The summed E-state index contributed by atoms with van der Waals surface area (Å²) in [6.45, 7) is 1.95. The number of para-hydroxylation sites is 1. The molecule has 3 nitrogen and oxygen atoms in total. The van der Waals surface area contributed by atoms with Gasteiger partial charge in [0.1, 0.15) is 0 Å². The maximum absolute atomic E-state index is 14.1. The van der Waals surface area contributed by atoms with E-state index in [0.717, 1.165) is 33.2 Å². The summed E-state index contributed by atoms with van der Waals surface area (Å²) < 4.78 is 29.6. The van der Waals surface area contributed by atoms with Crippen molar-refractivity contribution >= 4 is 20.9 Å². The molecule has 0 N–H and O–H groups in total. The van der Waals surface area contributed by atoms with Crippen molar-refractivity contribution in [3.8, 4) is 0 Å². The zero-order valence-corrected chi connectivity index (χ0v) is 21.8. The Balaban J connectivity index is 1.76. The van der Waals surface area contributed by atoms with E-state index in [2.05, 4.69) is 36.4 Å². The molecule has 1 aromatic heterocycles. The smallest absolute Gasteiger partial charge is 0.241 e. The zero-order chi connectivity index (χ0) is 26.2. The Hall–Kier alpha value is -4.41. The van der Waals surface area contributed by atoms with Gasteiger partial charge in [0, 0.05) is 11.6 Å². The molecular formula is C34H27NO2S. The Bertz CT molecular complexity index is 1710. The van der Waals surface area contributed by atoms with Crippen molar-refractivity contribution in [1.82, 2.24) is 3.97 Å². The summed E-state index contributed by atoms with van der Waals surface area (Å²) in [6, 6.07) is 45.8. The van der Waals surface area contributed by atoms with Crippen molar-refractivity contribution in [2.75, 3.05) is 0 Å². The third-order valence-corrected chi connectivity index (χ3v) is 8.97. The van der Waals surface area contributed by atoms with Crippen molar-refractivity contribution in [1.29, 1.82) is 0 Å². The van der Waals surface area contributed by atoms with Crippen LogP contribution in [0.4, 0.5) is 0 Å². The minimum atomic E-state index is -3.85. The third-order valence-electron chi connectivity index (χ3n) is 7.28. The van der Waals surface area contributed by atoms with Gasteiger partial charge in [-0.1, -0.05) is 127 Å². The van der Waals surface area contributed by atoms with Crippen LogP contribution in [0.2, 0.25) is 0 Å². The van der Waals surface area contributed by atoms with E-state index in [0.29, 0.717) is 5.52 Å². The molecule has 0 fully saturated rings. The van der Waals surface area contributed by atoms with E-state index < -0.39 is 15.4 Å². The predicted octanol–water partition coefficient (Wildman–Crippen LogP) is 7.57. The van der Waals surface area contributed by atoms with Crippen LogP contribution in [0.5, 0.6) is 0 Å². The molecule has 1 heterocycles. The van der Waals surface area contributed by atoms with Gasteiger partial charge in [-0.2, -0.15) is 0 Å². The largest absolute Gasteiger partial charge is 0.268 e. The number of hydrogen-bond acceptors (Lipinski definition) is 2. The lowest BCUT2D eigenvalue weighted by molar-refractivity contribution is 0.588. The average molecular weight is 514 g/mol. The quantitative estimate of drug-likeness (QED) is 0.216. The van der Waals surface area contributed by atoms with Crippen LogP contribution in [0, 0.1) is 6.92 Å². The van der Waals surface area contributed by atoms with Crippen LogP contribution >= 0.6 is 0 Å². The predicted molar refractivity (Wildman–Crippen MR) is 154 cm³/mol. The summed E-state index contributed by atoms with van der Waals surface area (Å²) >= 11 is 0. The lowest BCUT2D eigenvalue weighted by Gasteiger charge is -2.36. The van der Waals surface area contributed by atoms with E-state index in [1.54, 1.807) is 12.1 Å². The highest BCUT2D eigenvalue weighted by Crippen LogP contribution is 2.48. The molecule has 0 bridgehead atoms. The van der Waals surface area contributed by atoms with Crippen LogP contribution in [0.15, 0.2) is 151 Å². The van der Waals surface area contributed by atoms with Crippen molar-refractivity contribution in [3.63, 3.8) is 0 Å². The van der Waals surface area contributed by atoms with Crippen molar-refractivity contribution in [2.24, 2.45) is 0 Å². The van der Waals surface area contributed by atoms with E-state index in [-0.39, 0.29) is 4.90 Å². The van der Waals surface area contributed by atoms with E-state index in [1.807, 2.05) is 104 Å². The van der Waals surface area contributed by atoms with Crippen LogP contribution in [-0.2, 0) is 15.4 Å². The van der Waals surface area contributed by atoms with Gasteiger partial charge in [-0.15, -0.1) is 0 Å². The average Bonchev–Trinajstić information content (AvgIpc) is 3.36. The van der Waals surface area contributed by atoms with Gasteiger partial charge in [0.05, 0.1) is 15.8 Å². The van der Waals surface area contributed by atoms with Gasteiger partial charge < -0.3 is 0 Å². The summed E-state index contributed by atoms with van der Waals surface area (Å²) in [7, 11) is -3.85. The Morgan fingerprint density at radius 3 is 1.50 bits per heavy atom. The minimum absolute atomic E-state index is 0.264. The molecule has 0 atom stereocenters. The molecule has 0 saturated heterocycles. The molecule has 4 heteroatoms. The van der Waals surface area contributed by atoms with Crippen LogP contribution in [0.25, 0.3) is 10.9 Å². The molecule has 0 radical (unpaired) electrons. The van der Waals surface area contributed by atoms with Gasteiger partial charge in [0.2, 0.25) is 0 Å². The first kappa shape index (κ1) is 24.0. The molecule has 0 spiro atoms. The lowest BCUT2D eigenvalue weighted by atomic mass is 9.65. The van der Waals surface area contributed by atoms with E-state index >= 15 is 0 Å². The molecule has 6 aromatic rings. The minimum Gasteiger partial charge on any atom is -0.241 e. The van der Waals surface area contributed by atoms with Gasteiger partial charge in [0.25, 0.3) is 10.0 Å². The number of fused-ring (bicyclic) bond motifs is 1. The first-order valence-corrected chi connectivity index (χ1v) is 14.1. The SMILES string of the molecule is Cc1ccc(S(=O)(=O)n2cc(C(c3ccccc3)(c3ccccc3)c3ccccc3)c3ccccc32)cc1. The maximum atomic E-state index is 14.1. The molecule has 0 unspecified atom stereocenters. The summed E-state index contributed by atoms with van der Waals surface area (Å²) in [5.41, 5.74) is 5.01. The second-order valence-corrected chi connectivity index (χ2v) is 11.3. The summed E-state index contributed by atoms with van der Waals surface area (Å²) in [4.78, 5) is 0.264. The Kier molecular flexibility index (Phi) is 5.97. The highest BCUT2D eigenvalue weighted by Gasteiger charge is 2.41. The second kappa shape index (κ2) is 9.47. The van der Waals surface area contributed by atoms with Gasteiger partial charge in [0.15, 0.2) is 0 Å². The molecule has 6 rings (SSSR count). The van der Waals surface area contributed by atoms with Crippen LogP contribution in [-0.4, -0.2) is 12.4 Å². The number of rotatable bonds is 6. The molecule has 186 valence electrons. The molecule has 38 heavy (non-hydrogen) atoms.